The van der Waals surface area contributed by atoms with Gasteiger partial charge in [-0.1, -0.05) is 0 Å². The standard InChI is InChI=1S/C7H9N3OS2/c8-4-1-5(9)3-6(2-4)10-7(11)13-12/h1-3,12H,8-9H2,(H,10,11). The molecule has 0 fully saturated rings. The van der Waals surface area contributed by atoms with Crippen molar-refractivity contribution in [2.24, 2.45) is 0 Å². The Morgan fingerprint density at radius 3 is 2.31 bits per heavy atom. The number of anilines is 3. The Balaban J connectivity index is 2.83. The topological polar surface area (TPSA) is 81.1 Å². The second kappa shape index (κ2) is 4.29. The molecule has 0 radical (unpaired) electrons. The lowest BCUT2D eigenvalue weighted by Gasteiger charge is -2.04. The number of hydrogen-bond donors (Lipinski definition) is 4. The van der Waals surface area contributed by atoms with Crippen LogP contribution >= 0.6 is 22.5 Å². The summed E-state index contributed by atoms with van der Waals surface area (Å²) in [6.45, 7) is 0. The summed E-state index contributed by atoms with van der Waals surface area (Å²) in [7, 11) is 0.794. The molecule has 0 aliphatic carbocycles. The minimum Gasteiger partial charge on any atom is -0.399 e. The van der Waals surface area contributed by atoms with Gasteiger partial charge < -0.3 is 16.8 Å². The molecule has 13 heavy (non-hydrogen) atoms. The normalized spacial score (nSPS) is 9.62. The van der Waals surface area contributed by atoms with E-state index in [1.165, 1.54) is 0 Å². The lowest BCUT2D eigenvalue weighted by Crippen LogP contribution is -2.04. The molecular weight excluding hydrogens is 206 g/mol. The minimum absolute atomic E-state index is 0.270. The Kier molecular flexibility index (Phi) is 3.32. The van der Waals surface area contributed by atoms with Gasteiger partial charge in [-0.3, -0.25) is 4.79 Å². The zero-order valence-corrected chi connectivity index (χ0v) is 8.36. The first-order valence-electron chi connectivity index (χ1n) is 3.40. The molecule has 1 rings (SSSR count). The average Bonchev–Trinajstić information content (AvgIpc) is 2.02. The Morgan fingerprint density at radius 1 is 1.31 bits per heavy atom. The van der Waals surface area contributed by atoms with Crippen LogP contribution in [-0.2, 0) is 0 Å². The van der Waals surface area contributed by atoms with Gasteiger partial charge in [-0.2, -0.15) is 0 Å². The highest BCUT2D eigenvalue weighted by Gasteiger charge is 2.01. The number of nitrogens with one attached hydrogen (secondary N) is 1. The molecule has 0 heterocycles. The third-order valence-corrected chi connectivity index (χ3v) is 2.07. The third-order valence-electron chi connectivity index (χ3n) is 1.31. The van der Waals surface area contributed by atoms with E-state index in [0.717, 1.165) is 10.8 Å². The molecule has 6 heteroatoms. The van der Waals surface area contributed by atoms with Gasteiger partial charge in [0.05, 0.1) is 0 Å². The number of thiol groups is 1. The molecule has 0 saturated carbocycles. The van der Waals surface area contributed by atoms with E-state index < -0.39 is 0 Å². The number of benzene rings is 1. The number of carbonyl (C=O) groups excluding carboxylic acids is 1. The molecule has 0 spiro atoms. The SMILES string of the molecule is Nc1cc(N)cc(NC(=O)SS)c1. The first kappa shape index (κ1) is 10.1. The first-order valence-corrected chi connectivity index (χ1v) is 5.27. The van der Waals surface area contributed by atoms with Crippen LogP contribution < -0.4 is 16.8 Å². The van der Waals surface area contributed by atoms with Gasteiger partial charge in [0.15, 0.2) is 0 Å². The Hall–Kier alpha value is -1.01. The zero-order chi connectivity index (χ0) is 9.84. The van der Waals surface area contributed by atoms with Crippen molar-refractivity contribution in [1.82, 2.24) is 0 Å². The lowest BCUT2D eigenvalue weighted by molar-refractivity contribution is 0.270. The maximum Gasteiger partial charge on any atom is 0.293 e. The first-order chi connectivity index (χ1) is 6.11. The number of nitrogens with two attached hydrogens (primary N) is 2. The predicted molar refractivity (Wildman–Crippen MR) is 60.9 cm³/mol. The molecular formula is C7H9N3OS2. The quantitative estimate of drug-likeness (QED) is 0.328. The van der Waals surface area contributed by atoms with Crippen LogP contribution in [0.25, 0.3) is 0 Å². The fourth-order valence-electron chi connectivity index (χ4n) is 0.889. The van der Waals surface area contributed by atoms with Gasteiger partial charge in [0.1, 0.15) is 0 Å². The second-order valence-electron chi connectivity index (χ2n) is 2.39. The highest BCUT2D eigenvalue weighted by molar-refractivity contribution is 8.74. The van der Waals surface area contributed by atoms with Gasteiger partial charge in [-0.25, -0.2) is 0 Å². The van der Waals surface area contributed by atoms with Crippen molar-refractivity contribution in [3.05, 3.63) is 18.2 Å². The van der Waals surface area contributed by atoms with Crippen molar-refractivity contribution in [1.29, 1.82) is 0 Å². The van der Waals surface area contributed by atoms with E-state index in [-0.39, 0.29) is 5.24 Å². The molecule has 4 nitrogen and oxygen atoms in total. The van der Waals surface area contributed by atoms with Gasteiger partial charge in [-0.15, -0.1) is 11.7 Å². The van der Waals surface area contributed by atoms with Gasteiger partial charge in [0.2, 0.25) is 0 Å². The van der Waals surface area contributed by atoms with E-state index in [0.29, 0.717) is 17.1 Å². The largest absolute Gasteiger partial charge is 0.399 e. The molecule has 0 atom stereocenters. The summed E-state index contributed by atoms with van der Waals surface area (Å²) in [6.07, 6.45) is 0. The molecule has 0 saturated heterocycles. The van der Waals surface area contributed by atoms with Crippen molar-refractivity contribution >= 4 is 44.8 Å². The van der Waals surface area contributed by atoms with Gasteiger partial charge in [-0.05, 0) is 18.2 Å². The Bertz CT molecular complexity index is 309. The van der Waals surface area contributed by atoms with Gasteiger partial charge >= 0.3 is 0 Å². The van der Waals surface area contributed by atoms with E-state index in [1.807, 2.05) is 0 Å². The van der Waals surface area contributed by atoms with Crippen molar-refractivity contribution in [2.75, 3.05) is 16.8 Å². The summed E-state index contributed by atoms with van der Waals surface area (Å²) in [5, 5.41) is 2.29. The molecule has 0 unspecified atom stereocenters. The molecule has 0 aliphatic rings. The van der Waals surface area contributed by atoms with Crippen LogP contribution in [0.4, 0.5) is 21.9 Å². The maximum atomic E-state index is 10.9. The minimum atomic E-state index is -0.270. The highest BCUT2D eigenvalue weighted by atomic mass is 33.1. The molecule has 0 bridgehead atoms. The number of rotatable bonds is 1. The van der Waals surface area contributed by atoms with Crippen LogP contribution in [-0.4, -0.2) is 5.24 Å². The summed E-state index contributed by atoms with van der Waals surface area (Å²) >= 11 is 3.74. The molecule has 1 amide bonds. The summed E-state index contributed by atoms with van der Waals surface area (Å²) in [5.74, 6) is 0. The number of nitrogen functional groups attached to an aromatic ring is 2. The summed E-state index contributed by atoms with van der Waals surface area (Å²) in [5.41, 5.74) is 12.6. The summed E-state index contributed by atoms with van der Waals surface area (Å²) < 4.78 is 0. The van der Waals surface area contributed by atoms with Crippen molar-refractivity contribution < 1.29 is 4.79 Å². The van der Waals surface area contributed by atoms with E-state index in [9.17, 15) is 4.79 Å². The lowest BCUT2D eigenvalue weighted by atomic mass is 10.2. The maximum absolute atomic E-state index is 10.9. The summed E-state index contributed by atoms with van der Waals surface area (Å²) in [6, 6.07) is 4.86. The van der Waals surface area contributed by atoms with Crippen LogP contribution in [0.1, 0.15) is 0 Å². The van der Waals surface area contributed by atoms with Crippen molar-refractivity contribution in [3.8, 4) is 0 Å². The van der Waals surface area contributed by atoms with E-state index in [1.54, 1.807) is 18.2 Å². The number of carbonyl (C=O) groups is 1. The van der Waals surface area contributed by atoms with E-state index in [4.69, 9.17) is 11.5 Å². The van der Waals surface area contributed by atoms with Crippen LogP contribution in [0.5, 0.6) is 0 Å². The van der Waals surface area contributed by atoms with E-state index >= 15 is 0 Å². The fourth-order valence-corrected chi connectivity index (χ4v) is 1.19. The van der Waals surface area contributed by atoms with Crippen LogP contribution in [0.15, 0.2) is 18.2 Å². The summed E-state index contributed by atoms with van der Waals surface area (Å²) in [4.78, 5) is 10.9. The molecule has 0 aromatic heterocycles. The molecule has 0 aliphatic heterocycles. The Labute approximate surface area is 84.9 Å². The van der Waals surface area contributed by atoms with Crippen LogP contribution in [0, 0.1) is 0 Å². The van der Waals surface area contributed by atoms with Crippen LogP contribution in [0.2, 0.25) is 0 Å². The number of amides is 1. The molecule has 70 valence electrons. The van der Waals surface area contributed by atoms with Crippen molar-refractivity contribution in [2.45, 2.75) is 0 Å². The third kappa shape index (κ3) is 3.08. The monoisotopic (exact) mass is 215 g/mol. The van der Waals surface area contributed by atoms with Gasteiger partial charge in [0, 0.05) is 27.9 Å². The smallest absolute Gasteiger partial charge is 0.293 e. The molecule has 1 aromatic rings. The highest BCUT2D eigenvalue weighted by Crippen LogP contribution is 2.20. The van der Waals surface area contributed by atoms with E-state index in [2.05, 4.69) is 17.0 Å². The predicted octanol–water partition coefficient (Wildman–Crippen LogP) is 1.96. The zero-order valence-electron chi connectivity index (χ0n) is 6.65. The Morgan fingerprint density at radius 2 is 1.85 bits per heavy atom. The van der Waals surface area contributed by atoms with Crippen molar-refractivity contribution in [3.63, 3.8) is 0 Å². The van der Waals surface area contributed by atoms with Crippen LogP contribution in [0.3, 0.4) is 0 Å². The number of hydrogen-bond acceptors (Lipinski definition) is 5. The fraction of sp³-hybridized carbons (Fsp3) is 0. The molecule has 5 N–H and O–H groups in total. The average molecular weight is 215 g/mol. The second-order valence-corrected chi connectivity index (χ2v) is 3.49. The van der Waals surface area contributed by atoms with Gasteiger partial charge in [0.25, 0.3) is 5.24 Å². The molecule has 1 aromatic carbocycles.